The van der Waals surface area contributed by atoms with Crippen molar-refractivity contribution in [2.75, 3.05) is 6.61 Å². The summed E-state index contributed by atoms with van der Waals surface area (Å²) < 4.78 is 0. The summed E-state index contributed by atoms with van der Waals surface area (Å²) in [4.78, 5) is 41.6. The van der Waals surface area contributed by atoms with Crippen molar-refractivity contribution in [2.45, 2.75) is 19.3 Å². The molecule has 23 heavy (non-hydrogen) atoms. The lowest BCUT2D eigenvalue weighted by Crippen LogP contribution is -2.10. The Morgan fingerprint density at radius 2 is 1.35 bits per heavy atom. The number of benzene rings is 1. The van der Waals surface area contributed by atoms with Gasteiger partial charge in [0.1, 0.15) is 0 Å². The van der Waals surface area contributed by atoms with E-state index in [4.69, 9.17) is 25.5 Å². The van der Waals surface area contributed by atoms with Crippen LogP contribution in [0.15, 0.2) is 18.2 Å². The maximum absolute atomic E-state index is 10.6. The summed E-state index contributed by atoms with van der Waals surface area (Å²) in [6, 6.07) is 2.81. The van der Waals surface area contributed by atoms with Crippen molar-refractivity contribution in [3.8, 4) is 0 Å². The second-order valence-corrected chi connectivity index (χ2v) is 4.25. The summed E-state index contributed by atoms with van der Waals surface area (Å²) in [5.74, 6) is -4.99. The van der Waals surface area contributed by atoms with E-state index in [1.807, 2.05) is 0 Å². The van der Waals surface area contributed by atoms with E-state index in [9.17, 15) is 19.2 Å². The molecule has 0 aliphatic heterocycles. The predicted octanol–water partition coefficient (Wildman–Crippen LogP) is 1.01. The summed E-state index contributed by atoms with van der Waals surface area (Å²) in [5, 5.41) is 42.1. The smallest absolute Gasteiger partial charge is 0.336 e. The zero-order chi connectivity index (χ0) is 18.0. The van der Waals surface area contributed by atoms with E-state index in [0.29, 0.717) is 12.8 Å². The molecule has 9 nitrogen and oxygen atoms in total. The molecule has 5 N–H and O–H groups in total. The van der Waals surface area contributed by atoms with E-state index in [1.54, 1.807) is 0 Å². The molecule has 126 valence electrons. The molecule has 0 saturated carbocycles. The van der Waals surface area contributed by atoms with E-state index in [2.05, 4.69) is 0 Å². The highest BCUT2D eigenvalue weighted by molar-refractivity contribution is 6.03. The second kappa shape index (κ2) is 9.90. The molecule has 0 radical (unpaired) electrons. The van der Waals surface area contributed by atoms with Gasteiger partial charge in [-0.25, -0.2) is 14.4 Å². The van der Waals surface area contributed by atoms with Crippen molar-refractivity contribution in [3.63, 3.8) is 0 Å². The number of rotatable bonds is 7. The lowest BCUT2D eigenvalue weighted by molar-refractivity contribution is -0.137. The molecule has 0 aliphatic carbocycles. The maximum atomic E-state index is 10.6. The van der Waals surface area contributed by atoms with Gasteiger partial charge in [-0.05, 0) is 31.0 Å². The van der Waals surface area contributed by atoms with Crippen molar-refractivity contribution < 1.29 is 44.7 Å². The quantitative estimate of drug-likeness (QED) is 0.458. The van der Waals surface area contributed by atoms with Crippen LogP contribution in [-0.4, -0.2) is 56.0 Å². The first-order valence-corrected chi connectivity index (χ1v) is 6.37. The van der Waals surface area contributed by atoms with Crippen LogP contribution in [0.2, 0.25) is 0 Å². The summed E-state index contributed by atoms with van der Waals surface area (Å²) in [5.41, 5.74) is -1.24. The Balaban J connectivity index is 0.000000515. The van der Waals surface area contributed by atoms with Gasteiger partial charge in [0.2, 0.25) is 0 Å². The molecule has 0 fully saturated rings. The molecule has 1 rings (SSSR count). The summed E-state index contributed by atoms with van der Waals surface area (Å²) in [6.07, 6.45) is 1.33. The minimum absolute atomic E-state index is 0.0906. The fraction of sp³-hybridized carbons (Fsp3) is 0.286. The lowest BCUT2D eigenvalue weighted by Gasteiger charge is -2.02. The van der Waals surface area contributed by atoms with Gasteiger partial charge in [-0.15, -0.1) is 0 Å². The maximum Gasteiger partial charge on any atom is 0.336 e. The summed E-state index contributed by atoms with van der Waals surface area (Å²) in [6.45, 7) is 0.0906. The second-order valence-electron chi connectivity index (χ2n) is 4.25. The molecule has 0 amide bonds. The van der Waals surface area contributed by atoms with Gasteiger partial charge in [0.25, 0.3) is 0 Å². The summed E-state index contributed by atoms with van der Waals surface area (Å²) >= 11 is 0. The van der Waals surface area contributed by atoms with Crippen LogP contribution in [-0.2, 0) is 4.79 Å². The number of unbranched alkanes of at least 4 members (excludes halogenated alkanes) is 1. The third kappa shape index (κ3) is 7.58. The molecular formula is C14H16O9. The molecule has 0 aromatic heterocycles. The highest BCUT2D eigenvalue weighted by atomic mass is 16.4. The van der Waals surface area contributed by atoms with Crippen LogP contribution < -0.4 is 0 Å². The molecule has 0 atom stereocenters. The number of carboxylic acid groups (broad SMARTS) is 4. The van der Waals surface area contributed by atoms with Gasteiger partial charge in [0.15, 0.2) is 0 Å². The standard InChI is InChI=1S/C9H6O6.C5H10O3/c10-7(11)4-1-2-5(8(12)13)6(3-4)9(14)15;6-4-2-1-3-5(7)8/h1-3H,(H,10,11)(H,12,13)(H,14,15);6H,1-4H2,(H,7,8). The zero-order valence-electron chi connectivity index (χ0n) is 11.9. The normalized spacial score (nSPS) is 9.43. The first-order valence-electron chi connectivity index (χ1n) is 6.37. The number of hydrogen-bond donors (Lipinski definition) is 5. The van der Waals surface area contributed by atoms with Crippen LogP contribution in [0.25, 0.3) is 0 Å². The van der Waals surface area contributed by atoms with Crippen LogP contribution in [0.4, 0.5) is 0 Å². The first kappa shape index (κ1) is 20.1. The van der Waals surface area contributed by atoms with E-state index in [1.165, 1.54) is 0 Å². The van der Waals surface area contributed by atoms with Gasteiger partial charge in [0.05, 0.1) is 16.7 Å². The molecule has 0 saturated heterocycles. The summed E-state index contributed by atoms with van der Waals surface area (Å²) in [7, 11) is 0. The Labute approximate surface area is 130 Å². The molecular weight excluding hydrogens is 312 g/mol. The Morgan fingerprint density at radius 1 is 0.783 bits per heavy atom. The van der Waals surface area contributed by atoms with Gasteiger partial charge in [-0.3, -0.25) is 4.79 Å². The molecule has 1 aromatic rings. The van der Waals surface area contributed by atoms with Crippen molar-refractivity contribution in [1.29, 1.82) is 0 Å². The Bertz CT molecular complexity index is 592. The molecule has 0 unspecified atom stereocenters. The van der Waals surface area contributed by atoms with Crippen LogP contribution >= 0.6 is 0 Å². The number of aliphatic hydroxyl groups is 1. The number of carbonyl (C=O) groups is 4. The van der Waals surface area contributed by atoms with Crippen molar-refractivity contribution >= 4 is 23.9 Å². The van der Waals surface area contributed by atoms with Crippen LogP contribution in [0, 0.1) is 0 Å². The average molecular weight is 328 g/mol. The number of aliphatic hydroxyl groups excluding tert-OH is 1. The minimum atomic E-state index is -1.48. The Hall–Kier alpha value is -2.94. The van der Waals surface area contributed by atoms with Crippen molar-refractivity contribution in [3.05, 3.63) is 34.9 Å². The van der Waals surface area contributed by atoms with Gasteiger partial charge in [-0.2, -0.15) is 0 Å². The average Bonchev–Trinajstić information content (AvgIpc) is 2.47. The van der Waals surface area contributed by atoms with E-state index < -0.39 is 35.0 Å². The van der Waals surface area contributed by atoms with E-state index in [0.717, 1.165) is 18.2 Å². The van der Waals surface area contributed by atoms with E-state index in [-0.39, 0.29) is 18.6 Å². The molecule has 9 heteroatoms. The first-order chi connectivity index (χ1) is 10.7. The molecule has 0 heterocycles. The van der Waals surface area contributed by atoms with Gasteiger partial charge < -0.3 is 25.5 Å². The number of carboxylic acids is 4. The lowest BCUT2D eigenvalue weighted by atomic mass is 10.0. The number of aliphatic carboxylic acids is 1. The van der Waals surface area contributed by atoms with Crippen molar-refractivity contribution in [2.24, 2.45) is 0 Å². The highest BCUT2D eigenvalue weighted by Crippen LogP contribution is 2.12. The molecule has 0 spiro atoms. The van der Waals surface area contributed by atoms with E-state index >= 15 is 0 Å². The van der Waals surface area contributed by atoms with Crippen LogP contribution in [0.3, 0.4) is 0 Å². The highest BCUT2D eigenvalue weighted by Gasteiger charge is 2.17. The van der Waals surface area contributed by atoms with Gasteiger partial charge in [-0.1, -0.05) is 0 Å². The zero-order valence-corrected chi connectivity index (χ0v) is 11.9. The topological polar surface area (TPSA) is 169 Å². The molecule has 1 aromatic carbocycles. The third-order valence-corrected chi connectivity index (χ3v) is 2.53. The predicted molar refractivity (Wildman–Crippen MR) is 75.9 cm³/mol. The largest absolute Gasteiger partial charge is 0.481 e. The van der Waals surface area contributed by atoms with Crippen LogP contribution in [0.5, 0.6) is 0 Å². The monoisotopic (exact) mass is 328 g/mol. The fourth-order valence-corrected chi connectivity index (χ4v) is 1.43. The number of hydrogen-bond acceptors (Lipinski definition) is 5. The van der Waals surface area contributed by atoms with Gasteiger partial charge >= 0.3 is 23.9 Å². The minimum Gasteiger partial charge on any atom is -0.481 e. The fourth-order valence-electron chi connectivity index (χ4n) is 1.43. The number of aromatic carboxylic acids is 3. The van der Waals surface area contributed by atoms with Crippen molar-refractivity contribution in [1.82, 2.24) is 0 Å². The van der Waals surface area contributed by atoms with Gasteiger partial charge in [0, 0.05) is 13.0 Å². The Kier molecular flexibility index (Phi) is 8.63. The Morgan fingerprint density at radius 3 is 1.74 bits per heavy atom. The molecule has 0 bridgehead atoms. The third-order valence-electron chi connectivity index (χ3n) is 2.53. The molecule has 0 aliphatic rings. The SMILES string of the molecule is O=C(O)CCCCO.O=C(O)c1ccc(C(=O)O)c(C(=O)O)c1. The van der Waals surface area contributed by atoms with Crippen LogP contribution in [0.1, 0.15) is 50.3 Å².